The molecule has 3 nitrogen and oxygen atoms in total. The molecule has 0 fully saturated rings. The van der Waals surface area contributed by atoms with Crippen molar-refractivity contribution in [3.63, 3.8) is 0 Å². The van der Waals surface area contributed by atoms with Gasteiger partial charge in [0.1, 0.15) is 0 Å². The molecule has 2 N–H and O–H groups in total. The first kappa shape index (κ1) is 13.7. The Morgan fingerprint density at radius 1 is 1.25 bits per heavy atom. The molecule has 0 aromatic heterocycles. The van der Waals surface area contributed by atoms with E-state index in [1.165, 1.54) is 0 Å². The topological polar surface area (TPSA) is 46.3 Å². The minimum absolute atomic E-state index is 0.0135. The SMILES string of the molecule is Nc1ccc2c(c1)CCN2C(=O)c1cc(Cl)ccc1I. The van der Waals surface area contributed by atoms with Gasteiger partial charge in [-0.2, -0.15) is 0 Å². The van der Waals surface area contributed by atoms with Gasteiger partial charge >= 0.3 is 0 Å². The average Bonchev–Trinajstić information content (AvgIpc) is 2.83. The van der Waals surface area contributed by atoms with Crippen LogP contribution < -0.4 is 10.6 Å². The highest BCUT2D eigenvalue weighted by molar-refractivity contribution is 14.1. The number of hydrogen-bond donors (Lipinski definition) is 1. The molecule has 0 unspecified atom stereocenters. The van der Waals surface area contributed by atoms with Gasteiger partial charge in [-0.05, 0) is 71.0 Å². The lowest BCUT2D eigenvalue weighted by Gasteiger charge is -2.18. The van der Waals surface area contributed by atoms with Crippen LogP contribution in [0.4, 0.5) is 11.4 Å². The number of nitrogen functional groups attached to an aromatic ring is 1. The summed E-state index contributed by atoms with van der Waals surface area (Å²) in [4.78, 5) is 14.5. The van der Waals surface area contributed by atoms with Gasteiger partial charge < -0.3 is 10.6 Å². The number of hydrogen-bond acceptors (Lipinski definition) is 2. The van der Waals surface area contributed by atoms with E-state index in [1.54, 1.807) is 17.0 Å². The third kappa shape index (κ3) is 2.38. The summed E-state index contributed by atoms with van der Waals surface area (Å²) < 4.78 is 0.904. The number of nitrogens with zero attached hydrogens (tertiary/aromatic N) is 1. The first-order valence-corrected chi connectivity index (χ1v) is 7.67. The van der Waals surface area contributed by atoms with Crippen molar-refractivity contribution in [2.45, 2.75) is 6.42 Å². The van der Waals surface area contributed by atoms with Crippen molar-refractivity contribution in [2.24, 2.45) is 0 Å². The van der Waals surface area contributed by atoms with Gasteiger partial charge in [-0.3, -0.25) is 4.79 Å². The van der Waals surface area contributed by atoms with E-state index < -0.39 is 0 Å². The fourth-order valence-corrected chi connectivity index (χ4v) is 3.18. The second kappa shape index (κ2) is 5.26. The molecule has 0 radical (unpaired) electrons. The molecule has 1 amide bonds. The molecule has 0 saturated carbocycles. The van der Waals surface area contributed by atoms with Gasteiger partial charge in [-0.1, -0.05) is 11.6 Å². The fourth-order valence-electron chi connectivity index (χ4n) is 2.44. The van der Waals surface area contributed by atoms with Crippen LogP contribution in [0.25, 0.3) is 0 Å². The molecule has 2 aromatic carbocycles. The number of anilines is 2. The standard InChI is InChI=1S/C15H12ClIN2O/c16-10-1-3-13(17)12(8-10)15(20)19-6-5-9-7-11(18)2-4-14(9)19/h1-4,7-8H,5-6,18H2. The van der Waals surface area contributed by atoms with Crippen LogP contribution in [0.2, 0.25) is 5.02 Å². The van der Waals surface area contributed by atoms with Crippen LogP contribution >= 0.6 is 34.2 Å². The first-order valence-electron chi connectivity index (χ1n) is 6.21. The number of nitrogens with two attached hydrogens (primary N) is 1. The normalized spacial score (nSPS) is 13.4. The van der Waals surface area contributed by atoms with Gasteiger partial charge in [-0.25, -0.2) is 0 Å². The van der Waals surface area contributed by atoms with Crippen molar-refractivity contribution < 1.29 is 4.79 Å². The number of carbonyl (C=O) groups excluding carboxylic acids is 1. The summed E-state index contributed by atoms with van der Waals surface area (Å²) in [7, 11) is 0. The Hall–Kier alpha value is -1.27. The zero-order chi connectivity index (χ0) is 14.3. The minimum atomic E-state index is -0.0135. The van der Waals surface area contributed by atoms with Crippen LogP contribution in [0.3, 0.4) is 0 Å². The maximum absolute atomic E-state index is 12.7. The van der Waals surface area contributed by atoms with Gasteiger partial charge in [0.15, 0.2) is 0 Å². The van der Waals surface area contributed by atoms with Crippen molar-refractivity contribution in [2.75, 3.05) is 17.2 Å². The minimum Gasteiger partial charge on any atom is -0.399 e. The highest BCUT2D eigenvalue weighted by atomic mass is 127. The van der Waals surface area contributed by atoms with Gasteiger partial charge in [-0.15, -0.1) is 0 Å². The molecular formula is C15H12ClIN2O. The number of rotatable bonds is 1. The molecule has 0 spiro atoms. The van der Waals surface area contributed by atoms with Gasteiger partial charge in [0.2, 0.25) is 0 Å². The van der Waals surface area contributed by atoms with Crippen LogP contribution in [0.1, 0.15) is 15.9 Å². The molecule has 5 heteroatoms. The average molecular weight is 399 g/mol. The molecule has 3 rings (SSSR count). The molecule has 20 heavy (non-hydrogen) atoms. The summed E-state index contributed by atoms with van der Waals surface area (Å²) in [6.45, 7) is 0.681. The highest BCUT2D eigenvalue weighted by Gasteiger charge is 2.26. The molecule has 0 atom stereocenters. The second-order valence-electron chi connectivity index (χ2n) is 4.72. The quantitative estimate of drug-likeness (QED) is 0.588. The first-order chi connectivity index (χ1) is 9.56. The monoisotopic (exact) mass is 398 g/mol. The Bertz CT molecular complexity index is 702. The molecular weight excluding hydrogens is 387 g/mol. The Labute approximate surface area is 135 Å². The van der Waals surface area contributed by atoms with Crippen LogP contribution in [-0.4, -0.2) is 12.5 Å². The zero-order valence-corrected chi connectivity index (χ0v) is 13.5. The fraction of sp³-hybridized carbons (Fsp3) is 0.133. The Kier molecular flexibility index (Phi) is 3.60. The summed E-state index contributed by atoms with van der Waals surface area (Å²) in [5.41, 5.74) is 9.22. The van der Waals surface area contributed by atoms with Crippen molar-refractivity contribution in [1.82, 2.24) is 0 Å². The smallest absolute Gasteiger partial charge is 0.259 e. The molecule has 1 aliphatic heterocycles. The van der Waals surface area contributed by atoms with E-state index in [0.29, 0.717) is 17.1 Å². The maximum atomic E-state index is 12.7. The van der Waals surface area contributed by atoms with Crippen molar-refractivity contribution >= 4 is 51.5 Å². The van der Waals surface area contributed by atoms with Gasteiger partial charge in [0.05, 0.1) is 5.56 Å². The van der Waals surface area contributed by atoms with Gasteiger partial charge in [0, 0.05) is 26.5 Å². The molecule has 0 saturated heterocycles. The summed E-state index contributed by atoms with van der Waals surface area (Å²) in [6.07, 6.45) is 0.837. The van der Waals surface area contributed by atoms with E-state index in [-0.39, 0.29) is 5.91 Å². The molecule has 0 bridgehead atoms. The largest absolute Gasteiger partial charge is 0.399 e. The molecule has 102 valence electrons. The predicted octanol–water partition coefficient (Wildman–Crippen LogP) is 3.73. The van der Waals surface area contributed by atoms with E-state index in [9.17, 15) is 4.79 Å². The predicted molar refractivity (Wildman–Crippen MR) is 90.4 cm³/mol. The number of fused-ring (bicyclic) bond motifs is 1. The lowest BCUT2D eigenvalue weighted by Crippen LogP contribution is -2.29. The third-order valence-corrected chi connectivity index (χ3v) is 4.58. The van der Waals surface area contributed by atoms with E-state index in [2.05, 4.69) is 22.6 Å². The lowest BCUT2D eigenvalue weighted by atomic mass is 10.1. The number of carbonyl (C=O) groups is 1. The Morgan fingerprint density at radius 3 is 2.85 bits per heavy atom. The summed E-state index contributed by atoms with van der Waals surface area (Å²) in [6, 6.07) is 11.0. The van der Waals surface area contributed by atoms with Crippen LogP contribution in [0, 0.1) is 3.57 Å². The Morgan fingerprint density at radius 2 is 2.05 bits per heavy atom. The molecule has 1 heterocycles. The van der Waals surface area contributed by atoms with E-state index in [0.717, 1.165) is 26.9 Å². The number of amides is 1. The third-order valence-electron chi connectivity index (χ3n) is 3.40. The molecule has 1 aliphatic rings. The van der Waals surface area contributed by atoms with Crippen LogP contribution in [0.15, 0.2) is 36.4 Å². The van der Waals surface area contributed by atoms with Crippen molar-refractivity contribution in [3.05, 3.63) is 56.1 Å². The van der Waals surface area contributed by atoms with E-state index in [1.807, 2.05) is 24.3 Å². The summed E-state index contributed by atoms with van der Waals surface area (Å²) in [5, 5.41) is 0.575. The van der Waals surface area contributed by atoms with Gasteiger partial charge in [0.25, 0.3) is 5.91 Å². The van der Waals surface area contributed by atoms with Crippen molar-refractivity contribution in [1.29, 1.82) is 0 Å². The van der Waals surface area contributed by atoms with E-state index in [4.69, 9.17) is 17.3 Å². The summed E-state index contributed by atoms with van der Waals surface area (Å²) in [5.74, 6) is -0.0135. The lowest BCUT2D eigenvalue weighted by molar-refractivity contribution is 0.0988. The Balaban J connectivity index is 2.00. The highest BCUT2D eigenvalue weighted by Crippen LogP contribution is 2.32. The van der Waals surface area contributed by atoms with Crippen LogP contribution in [0.5, 0.6) is 0 Å². The number of halogens is 2. The maximum Gasteiger partial charge on any atom is 0.259 e. The molecule has 2 aromatic rings. The van der Waals surface area contributed by atoms with Crippen LogP contribution in [-0.2, 0) is 6.42 Å². The second-order valence-corrected chi connectivity index (χ2v) is 6.32. The van der Waals surface area contributed by atoms with E-state index >= 15 is 0 Å². The molecule has 0 aliphatic carbocycles. The number of benzene rings is 2. The van der Waals surface area contributed by atoms with Crippen molar-refractivity contribution in [3.8, 4) is 0 Å². The zero-order valence-electron chi connectivity index (χ0n) is 10.6. The summed E-state index contributed by atoms with van der Waals surface area (Å²) >= 11 is 8.16.